The van der Waals surface area contributed by atoms with Crippen molar-refractivity contribution in [3.05, 3.63) is 59.1 Å². The van der Waals surface area contributed by atoms with Crippen molar-refractivity contribution in [2.45, 2.75) is 57.0 Å². The van der Waals surface area contributed by atoms with Gasteiger partial charge >= 0.3 is 11.9 Å². The van der Waals surface area contributed by atoms with E-state index in [9.17, 15) is 19.5 Å². The molecule has 1 atom stereocenters. The summed E-state index contributed by atoms with van der Waals surface area (Å²) in [5, 5.41) is 11.2. The number of aryl methyl sites for hydroxylation is 1. The van der Waals surface area contributed by atoms with Gasteiger partial charge in [0.2, 0.25) is 0 Å². The van der Waals surface area contributed by atoms with Crippen LogP contribution in [0.25, 0.3) is 11.1 Å². The summed E-state index contributed by atoms with van der Waals surface area (Å²) in [4.78, 5) is 35.7. The molecule has 0 bridgehead atoms. The fraction of sp³-hybridized carbons (Fsp3) is 0.423. The standard InChI is InChI=1S/C26H31ClO6/c1-32-24(29)18-26(31,25(30)33-2)17-22(28)13-9-4-3-6-12-20-14-15-21(27)16-23(20)19-10-7-5-8-11-19/h5,7-8,10-11,14-16,31H,3-4,6,9,12-13,17-18H2,1-2H3. The van der Waals surface area contributed by atoms with E-state index in [2.05, 4.69) is 27.7 Å². The van der Waals surface area contributed by atoms with Crippen LogP contribution in [-0.4, -0.2) is 42.6 Å². The quantitative estimate of drug-likeness (QED) is 0.327. The Bertz CT molecular complexity index is 943. The fourth-order valence-corrected chi connectivity index (χ4v) is 3.94. The maximum atomic E-state index is 12.3. The number of Topliss-reactive ketones (excluding diaryl/α,β-unsaturated/α-hetero) is 1. The number of aliphatic hydroxyl groups is 1. The lowest BCUT2D eigenvalue weighted by atomic mass is 9.91. The number of ketones is 1. The van der Waals surface area contributed by atoms with Gasteiger partial charge < -0.3 is 14.6 Å². The van der Waals surface area contributed by atoms with Crippen molar-refractivity contribution in [1.82, 2.24) is 0 Å². The molecule has 0 saturated heterocycles. The third-order valence-corrected chi connectivity index (χ3v) is 5.76. The number of halogens is 1. The van der Waals surface area contributed by atoms with Crippen LogP contribution in [-0.2, 0) is 30.3 Å². The van der Waals surface area contributed by atoms with Gasteiger partial charge in [0.15, 0.2) is 5.60 Å². The molecular weight excluding hydrogens is 444 g/mol. The van der Waals surface area contributed by atoms with Crippen LogP contribution in [0, 0.1) is 0 Å². The zero-order valence-corrected chi connectivity index (χ0v) is 19.9. The van der Waals surface area contributed by atoms with E-state index in [1.165, 1.54) is 5.56 Å². The van der Waals surface area contributed by atoms with Gasteiger partial charge in [0.05, 0.1) is 20.6 Å². The molecule has 33 heavy (non-hydrogen) atoms. The van der Waals surface area contributed by atoms with Crippen LogP contribution in [0.5, 0.6) is 0 Å². The van der Waals surface area contributed by atoms with E-state index in [-0.39, 0.29) is 12.2 Å². The van der Waals surface area contributed by atoms with E-state index in [4.69, 9.17) is 11.6 Å². The van der Waals surface area contributed by atoms with Crippen LogP contribution in [0.2, 0.25) is 5.02 Å². The lowest BCUT2D eigenvalue weighted by Gasteiger charge is -2.23. The fourth-order valence-electron chi connectivity index (χ4n) is 3.77. The average Bonchev–Trinajstić information content (AvgIpc) is 2.81. The predicted octanol–water partition coefficient (Wildman–Crippen LogP) is 4.93. The molecule has 1 unspecified atom stereocenters. The second-order valence-corrected chi connectivity index (χ2v) is 8.51. The van der Waals surface area contributed by atoms with Crippen LogP contribution in [0.15, 0.2) is 48.5 Å². The van der Waals surface area contributed by atoms with Crippen molar-refractivity contribution in [2.24, 2.45) is 0 Å². The van der Waals surface area contributed by atoms with Crippen LogP contribution in [0.3, 0.4) is 0 Å². The molecule has 0 spiro atoms. The molecular formula is C26H31ClO6. The van der Waals surface area contributed by atoms with Gasteiger partial charge in [0.25, 0.3) is 0 Å². The van der Waals surface area contributed by atoms with E-state index >= 15 is 0 Å². The molecule has 0 aliphatic rings. The predicted molar refractivity (Wildman–Crippen MR) is 127 cm³/mol. The Balaban J connectivity index is 1.80. The first-order valence-electron chi connectivity index (χ1n) is 11.0. The summed E-state index contributed by atoms with van der Waals surface area (Å²) in [5.74, 6) is -2.10. The zero-order chi connectivity index (χ0) is 24.3. The van der Waals surface area contributed by atoms with Crippen molar-refractivity contribution in [3.63, 3.8) is 0 Å². The molecule has 1 N–H and O–H groups in total. The molecule has 0 aliphatic heterocycles. The minimum absolute atomic E-state index is 0.219. The Morgan fingerprint density at radius 2 is 1.61 bits per heavy atom. The summed E-state index contributed by atoms with van der Waals surface area (Å²) in [6.45, 7) is 0. The van der Waals surface area contributed by atoms with Crippen molar-refractivity contribution >= 4 is 29.3 Å². The van der Waals surface area contributed by atoms with Gasteiger partial charge in [0.1, 0.15) is 5.78 Å². The van der Waals surface area contributed by atoms with Crippen LogP contribution in [0.4, 0.5) is 0 Å². The van der Waals surface area contributed by atoms with E-state index in [0.717, 1.165) is 51.0 Å². The molecule has 0 fully saturated rings. The Hall–Kier alpha value is -2.70. The van der Waals surface area contributed by atoms with E-state index in [1.807, 2.05) is 30.3 Å². The molecule has 0 heterocycles. The molecule has 2 aromatic rings. The third-order valence-electron chi connectivity index (χ3n) is 5.53. The largest absolute Gasteiger partial charge is 0.469 e. The summed E-state index contributed by atoms with van der Waals surface area (Å²) < 4.78 is 9.05. The summed E-state index contributed by atoms with van der Waals surface area (Å²) in [6, 6.07) is 16.1. The molecule has 0 saturated carbocycles. The zero-order valence-electron chi connectivity index (χ0n) is 19.1. The number of ether oxygens (including phenoxy) is 2. The molecule has 0 radical (unpaired) electrons. The van der Waals surface area contributed by atoms with Crippen LogP contribution >= 0.6 is 11.6 Å². The average molecular weight is 475 g/mol. The molecule has 0 aromatic heterocycles. The molecule has 2 aromatic carbocycles. The summed E-state index contributed by atoms with van der Waals surface area (Å²) in [7, 11) is 2.24. The molecule has 0 amide bonds. The molecule has 7 heteroatoms. The lowest BCUT2D eigenvalue weighted by molar-refractivity contribution is -0.171. The monoisotopic (exact) mass is 474 g/mol. The lowest BCUT2D eigenvalue weighted by Crippen LogP contribution is -2.43. The van der Waals surface area contributed by atoms with Gasteiger partial charge in [-0.1, -0.05) is 60.8 Å². The highest BCUT2D eigenvalue weighted by Crippen LogP contribution is 2.28. The first kappa shape index (κ1) is 26.6. The van der Waals surface area contributed by atoms with Crippen molar-refractivity contribution in [2.75, 3.05) is 14.2 Å². The van der Waals surface area contributed by atoms with Crippen LogP contribution < -0.4 is 0 Å². The molecule has 178 valence electrons. The second-order valence-electron chi connectivity index (χ2n) is 8.07. The number of benzene rings is 2. The van der Waals surface area contributed by atoms with Gasteiger partial charge in [-0.25, -0.2) is 4.79 Å². The van der Waals surface area contributed by atoms with Gasteiger partial charge in [-0.05, 0) is 48.1 Å². The molecule has 0 aliphatic carbocycles. The van der Waals surface area contributed by atoms with Gasteiger partial charge in [-0.2, -0.15) is 0 Å². The maximum absolute atomic E-state index is 12.3. The summed E-state index contributed by atoms with van der Waals surface area (Å²) in [5.41, 5.74) is 1.30. The van der Waals surface area contributed by atoms with Gasteiger partial charge in [-0.15, -0.1) is 0 Å². The number of rotatable bonds is 13. The van der Waals surface area contributed by atoms with Gasteiger partial charge in [0, 0.05) is 17.9 Å². The van der Waals surface area contributed by atoms with Crippen molar-refractivity contribution in [3.8, 4) is 11.1 Å². The number of esters is 2. The normalized spacial score (nSPS) is 12.6. The Kier molecular flexibility index (Phi) is 10.6. The number of carbonyl (C=O) groups excluding carboxylic acids is 3. The Morgan fingerprint density at radius 3 is 2.27 bits per heavy atom. The first-order chi connectivity index (χ1) is 15.8. The Morgan fingerprint density at radius 1 is 0.909 bits per heavy atom. The van der Waals surface area contributed by atoms with E-state index in [1.54, 1.807) is 0 Å². The minimum Gasteiger partial charge on any atom is -0.469 e. The van der Waals surface area contributed by atoms with Gasteiger partial charge in [-0.3, -0.25) is 9.59 Å². The van der Waals surface area contributed by atoms with Crippen LogP contribution in [0.1, 0.15) is 50.5 Å². The Labute approximate surface area is 199 Å². The number of hydrogen-bond acceptors (Lipinski definition) is 6. The number of methoxy groups -OCH3 is 2. The molecule has 2 rings (SSSR count). The first-order valence-corrected chi connectivity index (χ1v) is 11.4. The number of hydrogen-bond donors (Lipinski definition) is 1. The second kappa shape index (κ2) is 13.1. The summed E-state index contributed by atoms with van der Waals surface area (Å²) in [6.07, 6.45) is 3.41. The van der Waals surface area contributed by atoms with Crippen molar-refractivity contribution < 1.29 is 29.0 Å². The summed E-state index contributed by atoms with van der Waals surface area (Å²) >= 11 is 6.21. The third kappa shape index (κ3) is 8.30. The minimum atomic E-state index is -2.19. The highest BCUT2D eigenvalue weighted by molar-refractivity contribution is 6.30. The topological polar surface area (TPSA) is 89.9 Å². The molecule has 6 nitrogen and oxygen atoms in total. The number of carbonyl (C=O) groups is 3. The smallest absolute Gasteiger partial charge is 0.338 e. The maximum Gasteiger partial charge on any atom is 0.338 e. The number of unbranched alkanes of at least 4 members (excludes halogenated alkanes) is 3. The van der Waals surface area contributed by atoms with E-state index < -0.39 is 30.4 Å². The van der Waals surface area contributed by atoms with Crippen molar-refractivity contribution in [1.29, 1.82) is 0 Å². The highest BCUT2D eigenvalue weighted by Gasteiger charge is 2.41. The van der Waals surface area contributed by atoms with E-state index in [0.29, 0.717) is 11.4 Å². The SMILES string of the molecule is COC(=O)CC(O)(CC(=O)CCCCCCc1ccc(Cl)cc1-c1ccccc1)C(=O)OC. The highest BCUT2D eigenvalue weighted by atomic mass is 35.5.